The van der Waals surface area contributed by atoms with Gasteiger partial charge in [0.1, 0.15) is 17.0 Å². The molecule has 3 rings (SSSR count). The summed E-state index contributed by atoms with van der Waals surface area (Å²) in [4.78, 5) is 11.4. The number of nitrogens with zero attached hydrogens (tertiary/aromatic N) is 3. The van der Waals surface area contributed by atoms with Crippen LogP contribution in [0.1, 0.15) is 24.1 Å². The van der Waals surface area contributed by atoms with Crippen molar-refractivity contribution >= 4 is 27.4 Å². The predicted octanol–water partition coefficient (Wildman–Crippen LogP) is 3.11. The third-order valence-electron chi connectivity index (χ3n) is 3.81. The standard InChI is InChI=1S/C14H17F3N4S/c15-14(16,17)7-10-6-11-12(19-8-20-13(11)22-10)21-4-1-2-9(18)3-5-21/h6,8-9H,1-5,7,18H2/t9-/m1/s1. The van der Waals surface area contributed by atoms with Crippen molar-refractivity contribution < 1.29 is 13.2 Å². The summed E-state index contributed by atoms with van der Waals surface area (Å²) in [6.45, 7) is 1.60. The van der Waals surface area contributed by atoms with Gasteiger partial charge in [0.2, 0.25) is 0 Å². The maximum atomic E-state index is 12.6. The van der Waals surface area contributed by atoms with E-state index < -0.39 is 12.6 Å². The van der Waals surface area contributed by atoms with Gasteiger partial charge in [-0.2, -0.15) is 13.2 Å². The first-order chi connectivity index (χ1) is 10.4. The summed E-state index contributed by atoms with van der Waals surface area (Å²) in [5.74, 6) is 0.726. The summed E-state index contributed by atoms with van der Waals surface area (Å²) in [7, 11) is 0. The monoisotopic (exact) mass is 330 g/mol. The van der Waals surface area contributed by atoms with Gasteiger partial charge in [-0.05, 0) is 25.3 Å². The van der Waals surface area contributed by atoms with Crippen molar-refractivity contribution in [3.05, 3.63) is 17.3 Å². The summed E-state index contributed by atoms with van der Waals surface area (Å²) in [6.07, 6.45) is -0.899. The molecule has 4 nitrogen and oxygen atoms in total. The number of fused-ring (bicyclic) bond motifs is 1. The van der Waals surface area contributed by atoms with Gasteiger partial charge in [0.25, 0.3) is 0 Å². The summed E-state index contributed by atoms with van der Waals surface area (Å²) in [6, 6.07) is 1.76. The number of halogens is 3. The van der Waals surface area contributed by atoms with E-state index in [1.54, 1.807) is 6.07 Å². The molecule has 0 spiro atoms. The number of aromatic nitrogens is 2. The van der Waals surface area contributed by atoms with E-state index in [4.69, 9.17) is 5.73 Å². The molecule has 0 unspecified atom stereocenters. The quantitative estimate of drug-likeness (QED) is 0.919. The molecule has 22 heavy (non-hydrogen) atoms. The van der Waals surface area contributed by atoms with E-state index in [0.29, 0.717) is 10.2 Å². The SMILES string of the molecule is N[C@@H]1CCCN(c2ncnc3sc(CC(F)(F)F)cc23)CC1. The minimum Gasteiger partial charge on any atom is -0.356 e. The Hall–Kier alpha value is -1.41. The smallest absolute Gasteiger partial charge is 0.356 e. The highest BCUT2D eigenvalue weighted by atomic mass is 32.1. The minimum atomic E-state index is -4.20. The number of nitrogens with two attached hydrogens (primary N) is 1. The second-order valence-corrected chi connectivity index (χ2v) is 6.71. The number of thiophene rings is 1. The summed E-state index contributed by atoms with van der Waals surface area (Å²) in [5, 5.41) is 0.710. The van der Waals surface area contributed by atoms with Crippen LogP contribution in [0.2, 0.25) is 0 Å². The van der Waals surface area contributed by atoms with Crippen LogP contribution in [0.15, 0.2) is 12.4 Å². The van der Waals surface area contributed by atoms with Crippen molar-refractivity contribution in [3.8, 4) is 0 Å². The van der Waals surface area contributed by atoms with Crippen LogP contribution < -0.4 is 10.6 Å². The molecule has 0 aliphatic carbocycles. The molecule has 0 bridgehead atoms. The molecular weight excluding hydrogens is 313 g/mol. The zero-order valence-corrected chi connectivity index (χ0v) is 12.8. The molecule has 3 heterocycles. The molecule has 0 amide bonds. The summed E-state index contributed by atoms with van der Waals surface area (Å²) < 4.78 is 37.7. The van der Waals surface area contributed by atoms with Crippen LogP contribution >= 0.6 is 11.3 Å². The number of hydrogen-bond donors (Lipinski definition) is 1. The Morgan fingerprint density at radius 3 is 2.86 bits per heavy atom. The highest BCUT2D eigenvalue weighted by Gasteiger charge is 2.29. The average Bonchev–Trinajstić information content (AvgIpc) is 2.69. The van der Waals surface area contributed by atoms with Crippen LogP contribution in [0.5, 0.6) is 0 Å². The highest BCUT2D eigenvalue weighted by molar-refractivity contribution is 7.18. The lowest BCUT2D eigenvalue weighted by Crippen LogP contribution is -2.27. The number of hydrogen-bond acceptors (Lipinski definition) is 5. The maximum Gasteiger partial charge on any atom is 0.393 e. The Morgan fingerprint density at radius 2 is 2.09 bits per heavy atom. The van der Waals surface area contributed by atoms with E-state index in [1.807, 2.05) is 0 Å². The minimum absolute atomic E-state index is 0.186. The van der Waals surface area contributed by atoms with Crippen molar-refractivity contribution in [2.45, 2.75) is 37.9 Å². The Morgan fingerprint density at radius 1 is 1.27 bits per heavy atom. The Balaban J connectivity index is 1.92. The highest BCUT2D eigenvalue weighted by Crippen LogP contribution is 2.34. The van der Waals surface area contributed by atoms with Gasteiger partial charge in [-0.1, -0.05) is 0 Å². The molecule has 0 radical (unpaired) electrons. The normalized spacial score (nSPS) is 20.4. The van der Waals surface area contributed by atoms with Crippen molar-refractivity contribution in [1.82, 2.24) is 9.97 Å². The molecule has 1 saturated heterocycles. The van der Waals surface area contributed by atoms with Crippen LogP contribution in [0, 0.1) is 0 Å². The van der Waals surface area contributed by atoms with E-state index >= 15 is 0 Å². The lowest BCUT2D eigenvalue weighted by Gasteiger charge is -2.21. The molecule has 2 N–H and O–H groups in total. The number of rotatable bonds is 2. The van der Waals surface area contributed by atoms with Gasteiger partial charge >= 0.3 is 6.18 Å². The van der Waals surface area contributed by atoms with Gasteiger partial charge in [-0.15, -0.1) is 11.3 Å². The fourth-order valence-electron chi connectivity index (χ4n) is 2.76. The molecule has 8 heteroatoms. The molecule has 2 aromatic heterocycles. The first-order valence-electron chi connectivity index (χ1n) is 7.23. The summed E-state index contributed by atoms with van der Waals surface area (Å²) in [5.41, 5.74) is 5.98. The van der Waals surface area contributed by atoms with Crippen LogP contribution in [0.25, 0.3) is 10.2 Å². The topological polar surface area (TPSA) is 55.0 Å². The second-order valence-electron chi connectivity index (χ2n) is 5.60. The van der Waals surface area contributed by atoms with Crippen LogP contribution in [0.3, 0.4) is 0 Å². The van der Waals surface area contributed by atoms with Crippen LogP contribution in [-0.4, -0.2) is 35.3 Å². The molecule has 1 aliphatic heterocycles. The van der Waals surface area contributed by atoms with Crippen molar-refractivity contribution in [1.29, 1.82) is 0 Å². The van der Waals surface area contributed by atoms with Crippen molar-refractivity contribution in [2.24, 2.45) is 5.73 Å². The first-order valence-corrected chi connectivity index (χ1v) is 8.05. The van der Waals surface area contributed by atoms with Gasteiger partial charge in [-0.3, -0.25) is 0 Å². The maximum absolute atomic E-state index is 12.6. The Labute approximate surface area is 130 Å². The van der Waals surface area contributed by atoms with E-state index in [2.05, 4.69) is 14.9 Å². The Bertz CT molecular complexity index is 655. The molecule has 1 aliphatic rings. The van der Waals surface area contributed by atoms with Gasteiger partial charge in [0, 0.05) is 24.0 Å². The van der Waals surface area contributed by atoms with Crippen LogP contribution in [-0.2, 0) is 6.42 Å². The molecule has 0 aromatic carbocycles. The average molecular weight is 330 g/mol. The zero-order valence-electron chi connectivity index (χ0n) is 11.9. The number of anilines is 1. The van der Waals surface area contributed by atoms with Gasteiger partial charge in [0.05, 0.1) is 11.8 Å². The zero-order chi connectivity index (χ0) is 15.7. The third-order valence-corrected chi connectivity index (χ3v) is 4.85. The molecule has 0 saturated carbocycles. The van der Waals surface area contributed by atoms with E-state index in [1.165, 1.54) is 6.33 Å². The van der Waals surface area contributed by atoms with E-state index in [9.17, 15) is 13.2 Å². The molecule has 120 valence electrons. The van der Waals surface area contributed by atoms with Crippen LogP contribution in [0.4, 0.5) is 19.0 Å². The fraction of sp³-hybridized carbons (Fsp3) is 0.571. The first kappa shape index (κ1) is 15.5. The molecule has 2 aromatic rings. The molecule has 1 fully saturated rings. The molecular formula is C14H17F3N4S. The van der Waals surface area contributed by atoms with E-state index in [-0.39, 0.29) is 10.9 Å². The van der Waals surface area contributed by atoms with Crippen molar-refractivity contribution in [2.75, 3.05) is 18.0 Å². The predicted molar refractivity (Wildman–Crippen MR) is 81.2 cm³/mol. The van der Waals surface area contributed by atoms with Gasteiger partial charge in [0.15, 0.2) is 0 Å². The lowest BCUT2D eigenvalue weighted by atomic mass is 10.1. The van der Waals surface area contributed by atoms with Gasteiger partial charge in [-0.25, -0.2) is 9.97 Å². The van der Waals surface area contributed by atoms with Gasteiger partial charge < -0.3 is 10.6 Å². The molecule has 1 atom stereocenters. The Kier molecular flexibility index (Phi) is 4.22. The van der Waals surface area contributed by atoms with Crippen molar-refractivity contribution in [3.63, 3.8) is 0 Å². The third kappa shape index (κ3) is 3.49. The number of alkyl halides is 3. The summed E-state index contributed by atoms with van der Waals surface area (Å²) >= 11 is 1.09. The lowest BCUT2D eigenvalue weighted by molar-refractivity contribution is -0.126. The van der Waals surface area contributed by atoms with E-state index in [0.717, 1.165) is 49.5 Å². The second kappa shape index (κ2) is 6.00. The fourth-order valence-corrected chi connectivity index (χ4v) is 3.78. The largest absolute Gasteiger partial charge is 0.393 e.